The number of rotatable bonds is 6. The zero-order chi connectivity index (χ0) is 24.2. The number of benzene rings is 3. The highest BCUT2D eigenvalue weighted by atomic mass is 79.9. The quantitative estimate of drug-likeness (QED) is 0.267. The summed E-state index contributed by atoms with van der Waals surface area (Å²) in [5.74, 6) is -0.00164. The second-order valence-electron chi connectivity index (χ2n) is 7.57. The normalized spacial score (nSPS) is 14.9. The molecule has 3 aromatic carbocycles. The monoisotopic (exact) mass is 536 g/mol. The molecular formula is C26H21BrN2O4S. The predicted octanol–water partition coefficient (Wildman–Crippen LogP) is 5.18. The molecule has 4 rings (SSSR count). The molecule has 2 amide bonds. The number of carbonyl (C=O) groups excluding carboxylic acids is 2. The molecule has 3 aromatic rings. The van der Waals surface area contributed by atoms with E-state index in [1.165, 1.54) is 18.1 Å². The Kier molecular flexibility index (Phi) is 7.09. The lowest BCUT2D eigenvalue weighted by Gasteiger charge is -2.30. The van der Waals surface area contributed by atoms with E-state index in [-0.39, 0.29) is 10.7 Å². The van der Waals surface area contributed by atoms with Crippen molar-refractivity contribution < 1.29 is 19.1 Å². The third kappa shape index (κ3) is 5.03. The number of nitrogens with zero attached hydrogens (tertiary/aromatic N) is 1. The van der Waals surface area contributed by atoms with Crippen LogP contribution in [0.3, 0.4) is 0 Å². The lowest BCUT2D eigenvalue weighted by atomic mass is 10.1. The summed E-state index contributed by atoms with van der Waals surface area (Å²) in [5.41, 5.74) is 3.05. The summed E-state index contributed by atoms with van der Waals surface area (Å²) < 4.78 is 12.2. The Hall–Kier alpha value is -3.49. The minimum absolute atomic E-state index is 0.0316. The number of methoxy groups -OCH3 is 1. The smallest absolute Gasteiger partial charge is 0.270 e. The van der Waals surface area contributed by atoms with Crippen molar-refractivity contribution in [3.05, 3.63) is 93.5 Å². The number of thiocarbonyl (C=S) groups is 1. The lowest BCUT2D eigenvalue weighted by molar-refractivity contribution is -0.122. The fourth-order valence-corrected chi connectivity index (χ4v) is 4.29. The Morgan fingerprint density at radius 2 is 1.79 bits per heavy atom. The summed E-state index contributed by atoms with van der Waals surface area (Å²) in [4.78, 5) is 27.3. The standard InChI is InChI=1S/C26H21BrN2O4S/c1-16-12-19(27)9-10-21(16)29-25(31)20(24(30)28-26(29)34)13-18-8-11-22(23(14-18)32-2)33-15-17-6-4-3-5-7-17/h3-14H,15H2,1-2H3,(H,28,30,34)/b20-13+. The second kappa shape index (κ2) is 10.2. The maximum atomic E-state index is 13.3. The Morgan fingerprint density at radius 1 is 1.03 bits per heavy atom. The van der Waals surface area contributed by atoms with Gasteiger partial charge in [-0.15, -0.1) is 0 Å². The van der Waals surface area contributed by atoms with Gasteiger partial charge in [-0.05, 0) is 72.2 Å². The molecule has 1 aliphatic heterocycles. The zero-order valence-corrected chi connectivity index (χ0v) is 20.9. The number of carbonyl (C=O) groups is 2. The molecule has 1 fully saturated rings. The van der Waals surface area contributed by atoms with Gasteiger partial charge in [0.25, 0.3) is 11.8 Å². The number of halogens is 1. The average molecular weight is 537 g/mol. The minimum Gasteiger partial charge on any atom is -0.493 e. The van der Waals surface area contributed by atoms with Crippen LogP contribution in [0.15, 0.2) is 76.8 Å². The van der Waals surface area contributed by atoms with Gasteiger partial charge in [-0.3, -0.25) is 19.8 Å². The molecule has 0 bridgehead atoms. The summed E-state index contributed by atoms with van der Waals surface area (Å²) >= 11 is 8.72. The molecule has 0 aliphatic carbocycles. The first-order valence-electron chi connectivity index (χ1n) is 10.4. The molecule has 172 valence electrons. The second-order valence-corrected chi connectivity index (χ2v) is 8.88. The third-order valence-electron chi connectivity index (χ3n) is 5.24. The van der Waals surface area contributed by atoms with E-state index in [1.54, 1.807) is 24.3 Å². The fourth-order valence-electron chi connectivity index (χ4n) is 3.54. The van der Waals surface area contributed by atoms with Gasteiger partial charge in [-0.2, -0.15) is 0 Å². The molecule has 6 nitrogen and oxygen atoms in total. The van der Waals surface area contributed by atoms with Crippen LogP contribution in [-0.2, 0) is 16.2 Å². The molecule has 0 radical (unpaired) electrons. The van der Waals surface area contributed by atoms with E-state index >= 15 is 0 Å². The van der Waals surface area contributed by atoms with Crippen molar-refractivity contribution >= 4 is 56.8 Å². The molecule has 1 aliphatic rings. The minimum atomic E-state index is -0.551. The van der Waals surface area contributed by atoms with E-state index in [4.69, 9.17) is 21.7 Å². The van der Waals surface area contributed by atoms with Crippen LogP contribution in [0.4, 0.5) is 5.69 Å². The van der Waals surface area contributed by atoms with Gasteiger partial charge in [-0.1, -0.05) is 52.3 Å². The van der Waals surface area contributed by atoms with Gasteiger partial charge in [0.05, 0.1) is 12.8 Å². The number of nitrogens with one attached hydrogen (secondary N) is 1. The summed E-state index contributed by atoms with van der Waals surface area (Å²) in [7, 11) is 1.54. The number of hydrogen-bond donors (Lipinski definition) is 1. The number of ether oxygens (including phenoxy) is 2. The highest BCUT2D eigenvalue weighted by Crippen LogP contribution is 2.31. The van der Waals surface area contributed by atoms with Crippen molar-refractivity contribution in [3.8, 4) is 11.5 Å². The van der Waals surface area contributed by atoms with E-state index in [9.17, 15) is 9.59 Å². The zero-order valence-electron chi connectivity index (χ0n) is 18.5. The molecule has 0 saturated carbocycles. The van der Waals surface area contributed by atoms with Crippen molar-refractivity contribution in [1.29, 1.82) is 0 Å². The molecule has 0 spiro atoms. The van der Waals surface area contributed by atoms with Crippen LogP contribution in [0.1, 0.15) is 16.7 Å². The molecular weight excluding hydrogens is 516 g/mol. The first-order valence-corrected chi connectivity index (χ1v) is 11.6. The maximum Gasteiger partial charge on any atom is 0.270 e. The van der Waals surface area contributed by atoms with Crippen LogP contribution in [0.25, 0.3) is 6.08 Å². The maximum absolute atomic E-state index is 13.3. The van der Waals surface area contributed by atoms with Gasteiger partial charge in [0, 0.05) is 4.47 Å². The largest absolute Gasteiger partial charge is 0.493 e. The van der Waals surface area contributed by atoms with Gasteiger partial charge in [0.15, 0.2) is 16.6 Å². The van der Waals surface area contributed by atoms with Crippen LogP contribution >= 0.6 is 28.1 Å². The fraction of sp³-hybridized carbons (Fsp3) is 0.115. The van der Waals surface area contributed by atoms with Crippen molar-refractivity contribution in [3.63, 3.8) is 0 Å². The van der Waals surface area contributed by atoms with E-state index < -0.39 is 11.8 Å². The summed E-state index contributed by atoms with van der Waals surface area (Å²) in [6.07, 6.45) is 1.52. The molecule has 1 heterocycles. The lowest BCUT2D eigenvalue weighted by Crippen LogP contribution is -2.54. The summed E-state index contributed by atoms with van der Waals surface area (Å²) in [6.45, 7) is 2.26. The van der Waals surface area contributed by atoms with Crippen LogP contribution in [0.5, 0.6) is 11.5 Å². The topological polar surface area (TPSA) is 67.9 Å². The average Bonchev–Trinajstić information content (AvgIpc) is 2.82. The Labute approximate surface area is 211 Å². The molecule has 1 N–H and O–H groups in total. The Morgan fingerprint density at radius 3 is 2.50 bits per heavy atom. The third-order valence-corrected chi connectivity index (χ3v) is 6.02. The SMILES string of the molecule is COc1cc(/C=C2\C(=O)NC(=S)N(c3ccc(Br)cc3C)C2=O)ccc1OCc1ccccc1. The van der Waals surface area contributed by atoms with Crippen molar-refractivity contribution in [2.24, 2.45) is 0 Å². The van der Waals surface area contributed by atoms with E-state index in [0.717, 1.165) is 15.6 Å². The van der Waals surface area contributed by atoms with Crippen LogP contribution < -0.4 is 19.7 Å². The van der Waals surface area contributed by atoms with Crippen molar-refractivity contribution in [2.75, 3.05) is 12.0 Å². The molecule has 34 heavy (non-hydrogen) atoms. The van der Waals surface area contributed by atoms with Crippen molar-refractivity contribution in [1.82, 2.24) is 5.32 Å². The summed E-state index contributed by atoms with van der Waals surface area (Å²) in [6, 6.07) is 20.5. The Bertz CT molecular complexity index is 1310. The molecule has 1 saturated heterocycles. The van der Waals surface area contributed by atoms with Gasteiger partial charge >= 0.3 is 0 Å². The van der Waals surface area contributed by atoms with Crippen molar-refractivity contribution in [2.45, 2.75) is 13.5 Å². The first kappa shape index (κ1) is 23.7. The number of anilines is 1. The molecule has 0 aromatic heterocycles. The van der Waals surface area contributed by atoms with Crippen LogP contribution in [0.2, 0.25) is 0 Å². The number of amides is 2. The van der Waals surface area contributed by atoms with Gasteiger partial charge in [-0.25, -0.2) is 0 Å². The van der Waals surface area contributed by atoms with Gasteiger partial charge in [0.2, 0.25) is 0 Å². The molecule has 0 atom stereocenters. The van der Waals surface area contributed by atoms with Crippen LogP contribution in [0, 0.1) is 6.92 Å². The van der Waals surface area contributed by atoms with E-state index in [2.05, 4.69) is 21.2 Å². The van der Waals surface area contributed by atoms with E-state index in [0.29, 0.717) is 29.4 Å². The van der Waals surface area contributed by atoms with Crippen LogP contribution in [-0.4, -0.2) is 24.0 Å². The first-order chi connectivity index (χ1) is 16.4. The number of hydrogen-bond acceptors (Lipinski definition) is 5. The predicted molar refractivity (Wildman–Crippen MR) is 139 cm³/mol. The van der Waals surface area contributed by atoms with Gasteiger partial charge < -0.3 is 9.47 Å². The molecule has 8 heteroatoms. The number of aryl methyl sites for hydroxylation is 1. The van der Waals surface area contributed by atoms with Gasteiger partial charge in [0.1, 0.15) is 12.2 Å². The highest BCUT2D eigenvalue weighted by molar-refractivity contribution is 9.10. The molecule has 0 unspecified atom stereocenters. The summed E-state index contributed by atoms with van der Waals surface area (Å²) in [5, 5.41) is 2.65. The van der Waals surface area contributed by atoms with E-state index in [1.807, 2.05) is 49.4 Å². The highest BCUT2D eigenvalue weighted by Gasteiger charge is 2.35. The Balaban J connectivity index is 1.62.